The molecule has 6 nitrogen and oxygen atoms in total. The standard InChI is InChI=1S/C12H15N3O3/c16-10-7-13-4-3-9(10)12(18)14-8-11(17)15-5-1-2-6-15/h3-4,7,16H,1-2,5-6,8H2,(H,14,18). The van der Waals surface area contributed by atoms with Crippen LogP contribution in [0, 0.1) is 0 Å². The first-order chi connectivity index (χ1) is 8.68. The molecule has 2 rings (SSSR count). The van der Waals surface area contributed by atoms with Crippen LogP contribution in [-0.4, -0.2) is 46.4 Å². The number of carbonyl (C=O) groups excluding carboxylic acids is 2. The number of hydrogen-bond acceptors (Lipinski definition) is 4. The number of nitrogens with one attached hydrogen (secondary N) is 1. The molecule has 1 saturated heterocycles. The predicted molar refractivity (Wildman–Crippen MR) is 64.0 cm³/mol. The first kappa shape index (κ1) is 12.3. The van der Waals surface area contributed by atoms with Crippen LogP contribution in [0.4, 0.5) is 0 Å². The number of aromatic hydroxyl groups is 1. The molecule has 18 heavy (non-hydrogen) atoms. The summed E-state index contributed by atoms with van der Waals surface area (Å²) in [7, 11) is 0. The van der Waals surface area contributed by atoms with E-state index in [0.717, 1.165) is 25.9 Å². The van der Waals surface area contributed by atoms with E-state index in [0.29, 0.717) is 0 Å². The van der Waals surface area contributed by atoms with E-state index >= 15 is 0 Å². The van der Waals surface area contributed by atoms with Crippen molar-refractivity contribution in [2.75, 3.05) is 19.6 Å². The molecular weight excluding hydrogens is 234 g/mol. The number of pyridine rings is 1. The van der Waals surface area contributed by atoms with Crippen molar-refractivity contribution in [2.24, 2.45) is 0 Å². The number of rotatable bonds is 3. The third-order valence-electron chi connectivity index (χ3n) is 2.90. The summed E-state index contributed by atoms with van der Waals surface area (Å²) in [5.41, 5.74) is 0.124. The minimum atomic E-state index is -0.470. The minimum Gasteiger partial charge on any atom is -0.505 e. The summed E-state index contributed by atoms with van der Waals surface area (Å²) in [6.45, 7) is 1.48. The van der Waals surface area contributed by atoms with Crippen molar-refractivity contribution in [1.82, 2.24) is 15.2 Å². The molecule has 1 aromatic rings. The number of hydrogen-bond donors (Lipinski definition) is 2. The van der Waals surface area contributed by atoms with Gasteiger partial charge in [0.25, 0.3) is 5.91 Å². The lowest BCUT2D eigenvalue weighted by Crippen LogP contribution is -2.38. The molecule has 1 aromatic heterocycles. The average Bonchev–Trinajstić information content (AvgIpc) is 2.90. The average molecular weight is 249 g/mol. The monoisotopic (exact) mass is 249 g/mol. The highest BCUT2D eigenvalue weighted by Crippen LogP contribution is 2.13. The van der Waals surface area contributed by atoms with Crippen LogP contribution in [0.3, 0.4) is 0 Å². The summed E-state index contributed by atoms with van der Waals surface area (Å²) in [5.74, 6) is -0.750. The van der Waals surface area contributed by atoms with Gasteiger partial charge in [-0.25, -0.2) is 0 Å². The second-order valence-corrected chi connectivity index (χ2v) is 4.16. The van der Waals surface area contributed by atoms with Gasteiger partial charge >= 0.3 is 0 Å². The zero-order chi connectivity index (χ0) is 13.0. The van der Waals surface area contributed by atoms with Gasteiger partial charge in [0.1, 0.15) is 5.75 Å². The summed E-state index contributed by atoms with van der Waals surface area (Å²) in [5, 5.41) is 11.9. The predicted octanol–water partition coefficient (Wildman–Crippen LogP) is 0.139. The van der Waals surface area contributed by atoms with Crippen LogP contribution in [0.5, 0.6) is 5.75 Å². The van der Waals surface area contributed by atoms with Crippen molar-refractivity contribution in [3.8, 4) is 5.75 Å². The SMILES string of the molecule is O=C(NCC(=O)N1CCCC1)c1ccncc1O. The number of amides is 2. The van der Waals surface area contributed by atoms with E-state index < -0.39 is 5.91 Å². The molecule has 2 heterocycles. The highest BCUT2D eigenvalue weighted by atomic mass is 16.3. The number of carbonyl (C=O) groups is 2. The summed E-state index contributed by atoms with van der Waals surface area (Å²) in [6, 6.07) is 1.41. The van der Waals surface area contributed by atoms with Gasteiger partial charge in [-0.3, -0.25) is 14.6 Å². The Morgan fingerprint density at radius 3 is 2.78 bits per heavy atom. The molecule has 2 amide bonds. The van der Waals surface area contributed by atoms with Crippen LogP contribution in [0.25, 0.3) is 0 Å². The maximum absolute atomic E-state index is 11.7. The number of likely N-dealkylation sites (tertiary alicyclic amines) is 1. The van der Waals surface area contributed by atoms with Crippen molar-refractivity contribution in [2.45, 2.75) is 12.8 Å². The first-order valence-electron chi connectivity index (χ1n) is 5.87. The Morgan fingerprint density at radius 2 is 2.11 bits per heavy atom. The van der Waals surface area contributed by atoms with Crippen molar-refractivity contribution >= 4 is 11.8 Å². The van der Waals surface area contributed by atoms with E-state index in [1.807, 2.05) is 0 Å². The van der Waals surface area contributed by atoms with E-state index in [2.05, 4.69) is 10.3 Å². The van der Waals surface area contributed by atoms with Gasteiger partial charge < -0.3 is 15.3 Å². The molecule has 0 aliphatic carbocycles. The fraction of sp³-hybridized carbons (Fsp3) is 0.417. The lowest BCUT2D eigenvalue weighted by molar-refractivity contribution is -0.129. The lowest BCUT2D eigenvalue weighted by Gasteiger charge is -2.15. The first-order valence-corrected chi connectivity index (χ1v) is 5.87. The summed E-state index contributed by atoms with van der Waals surface area (Å²) >= 11 is 0. The van der Waals surface area contributed by atoms with Crippen LogP contribution in [0.2, 0.25) is 0 Å². The third kappa shape index (κ3) is 2.77. The Balaban J connectivity index is 1.88. The van der Waals surface area contributed by atoms with E-state index in [1.165, 1.54) is 18.5 Å². The molecule has 1 fully saturated rings. The zero-order valence-electron chi connectivity index (χ0n) is 9.93. The molecule has 0 saturated carbocycles. The Hall–Kier alpha value is -2.11. The van der Waals surface area contributed by atoms with Gasteiger partial charge in [-0.1, -0.05) is 0 Å². The quantitative estimate of drug-likeness (QED) is 0.798. The van der Waals surface area contributed by atoms with Crippen LogP contribution >= 0.6 is 0 Å². The molecule has 0 atom stereocenters. The van der Waals surface area contributed by atoms with Crippen molar-refractivity contribution < 1.29 is 14.7 Å². The fourth-order valence-corrected chi connectivity index (χ4v) is 1.91. The van der Waals surface area contributed by atoms with Gasteiger partial charge in [0.05, 0.1) is 18.3 Å². The van der Waals surface area contributed by atoms with Gasteiger partial charge in [-0.2, -0.15) is 0 Å². The number of nitrogens with zero attached hydrogens (tertiary/aromatic N) is 2. The van der Waals surface area contributed by atoms with Crippen LogP contribution in [-0.2, 0) is 4.79 Å². The topological polar surface area (TPSA) is 82.5 Å². The van der Waals surface area contributed by atoms with Crippen molar-refractivity contribution in [3.05, 3.63) is 24.0 Å². The maximum Gasteiger partial charge on any atom is 0.255 e. The van der Waals surface area contributed by atoms with Gasteiger partial charge in [-0.15, -0.1) is 0 Å². The van der Waals surface area contributed by atoms with Crippen LogP contribution in [0.1, 0.15) is 23.2 Å². The molecule has 1 aliphatic rings. The highest BCUT2D eigenvalue weighted by molar-refractivity contribution is 5.98. The Kier molecular flexibility index (Phi) is 3.76. The van der Waals surface area contributed by atoms with Gasteiger partial charge in [0.15, 0.2) is 0 Å². The molecule has 6 heteroatoms. The molecule has 96 valence electrons. The van der Waals surface area contributed by atoms with Crippen molar-refractivity contribution in [1.29, 1.82) is 0 Å². The maximum atomic E-state index is 11.7. The van der Waals surface area contributed by atoms with Gasteiger partial charge in [0.2, 0.25) is 5.91 Å². The summed E-state index contributed by atoms with van der Waals surface area (Å²) < 4.78 is 0. The molecule has 0 aromatic carbocycles. The smallest absolute Gasteiger partial charge is 0.255 e. The minimum absolute atomic E-state index is 0.0411. The fourth-order valence-electron chi connectivity index (χ4n) is 1.91. The van der Waals surface area contributed by atoms with E-state index in [1.54, 1.807) is 4.90 Å². The Morgan fingerprint density at radius 1 is 1.39 bits per heavy atom. The molecule has 2 N–H and O–H groups in total. The molecule has 0 unspecified atom stereocenters. The van der Waals surface area contributed by atoms with E-state index in [9.17, 15) is 14.7 Å². The normalized spacial score (nSPS) is 14.6. The summed E-state index contributed by atoms with van der Waals surface area (Å²) in [4.78, 5) is 28.8. The molecular formula is C12H15N3O3. The zero-order valence-corrected chi connectivity index (χ0v) is 9.93. The molecule has 0 bridgehead atoms. The largest absolute Gasteiger partial charge is 0.505 e. The molecule has 1 aliphatic heterocycles. The van der Waals surface area contributed by atoms with Crippen molar-refractivity contribution in [3.63, 3.8) is 0 Å². The Bertz CT molecular complexity index is 456. The second-order valence-electron chi connectivity index (χ2n) is 4.16. The van der Waals surface area contributed by atoms with Gasteiger partial charge in [-0.05, 0) is 18.9 Å². The van der Waals surface area contributed by atoms with Gasteiger partial charge in [0, 0.05) is 19.3 Å². The lowest BCUT2D eigenvalue weighted by atomic mass is 10.2. The van der Waals surface area contributed by atoms with Crippen LogP contribution in [0.15, 0.2) is 18.5 Å². The third-order valence-corrected chi connectivity index (χ3v) is 2.90. The Labute approximate surface area is 105 Å². The molecule has 0 radical (unpaired) electrons. The summed E-state index contributed by atoms with van der Waals surface area (Å²) in [6.07, 6.45) is 4.64. The van der Waals surface area contributed by atoms with Crippen LogP contribution < -0.4 is 5.32 Å². The van der Waals surface area contributed by atoms with E-state index in [4.69, 9.17) is 0 Å². The highest BCUT2D eigenvalue weighted by Gasteiger charge is 2.19. The number of aromatic nitrogens is 1. The van der Waals surface area contributed by atoms with E-state index in [-0.39, 0.29) is 23.8 Å². The molecule has 0 spiro atoms. The second kappa shape index (κ2) is 5.48.